The fraction of sp³-hybridized carbons (Fsp3) is 0.273. The van der Waals surface area contributed by atoms with E-state index in [9.17, 15) is 18.4 Å². The first-order valence-electron chi connectivity index (χ1n) is 5.23. The van der Waals surface area contributed by atoms with Gasteiger partial charge in [0.25, 0.3) is 0 Å². The van der Waals surface area contributed by atoms with Gasteiger partial charge in [0.2, 0.25) is 0 Å². The molecule has 0 saturated carbocycles. The molecule has 0 aliphatic rings. The fourth-order valence-corrected chi connectivity index (χ4v) is 1.55. The van der Waals surface area contributed by atoms with Crippen molar-refractivity contribution in [2.75, 3.05) is 11.9 Å². The summed E-state index contributed by atoms with van der Waals surface area (Å²) in [5.74, 6) is -3.76. The molecule has 0 bridgehead atoms. The average Bonchev–Trinajstić information content (AvgIpc) is 2.30. The van der Waals surface area contributed by atoms with Gasteiger partial charge in [0.15, 0.2) is 11.6 Å². The highest BCUT2D eigenvalue weighted by Gasteiger charge is 2.15. The molecular formula is C11H11BrF2N2O3. The molecule has 2 amide bonds. The highest BCUT2D eigenvalue weighted by molar-refractivity contribution is 9.10. The summed E-state index contributed by atoms with van der Waals surface area (Å²) in [7, 11) is 0. The van der Waals surface area contributed by atoms with Crippen LogP contribution in [0.3, 0.4) is 0 Å². The molecule has 1 unspecified atom stereocenters. The van der Waals surface area contributed by atoms with Gasteiger partial charge >= 0.3 is 12.0 Å². The Bertz CT molecular complexity index is 488. The van der Waals surface area contributed by atoms with Gasteiger partial charge in [0, 0.05) is 11.0 Å². The molecule has 0 fully saturated rings. The number of carbonyl (C=O) groups excluding carboxylic acids is 1. The Morgan fingerprint density at radius 1 is 1.37 bits per heavy atom. The zero-order valence-corrected chi connectivity index (χ0v) is 11.4. The Morgan fingerprint density at radius 3 is 2.37 bits per heavy atom. The molecule has 0 spiro atoms. The van der Waals surface area contributed by atoms with Crippen LogP contribution in [0.15, 0.2) is 16.6 Å². The topological polar surface area (TPSA) is 78.4 Å². The minimum absolute atomic E-state index is 0.152. The number of carbonyl (C=O) groups is 2. The maximum absolute atomic E-state index is 13.4. The van der Waals surface area contributed by atoms with Crippen LogP contribution in [0.4, 0.5) is 19.3 Å². The third kappa shape index (κ3) is 4.47. The summed E-state index contributed by atoms with van der Waals surface area (Å²) in [6, 6.07) is 1.12. The molecule has 5 nitrogen and oxygen atoms in total. The van der Waals surface area contributed by atoms with Crippen molar-refractivity contribution < 1.29 is 23.5 Å². The number of halogens is 3. The van der Waals surface area contributed by atoms with Crippen molar-refractivity contribution in [3.63, 3.8) is 0 Å². The number of urea groups is 1. The van der Waals surface area contributed by atoms with Gasteiger partial charge in [0.05, 0.1) is 5.92 Å². The molecule has 0 aliphatic heterocycles. The molecule has 0 radical (unpaired) electrons. The van der Waals surface area contributed by atoms with Crippen molar-refractivity contribution in [3.05, 3.63) is 28.2 Å². The van der Waals surface area contributed by atoms with Crippen LogP contribution >= 0.6 is 15.9 Å². The first-order valence-corrected chi connectivity index (χ1v) is 6.02. The van der Waals surface area contributed by atoms with E-state index in [1.54, 1.807) is 0 Å². The zero-order chi connectivity index (χ0) is 14.6. The number of anilines is 1. The van der Waals surface area contributed by atoms with Crippen molar-refractivity contribution in [1.29, 1.82) is 0 Å². The maximum atomic E-state index is 13.4. The van der Waals surface area contributed by atoms with Crippen LogP contribution in [0.2, 0.25) is 0 Å². The van der Waals surface area contributed by atoms with E-state index in [1.807, 2.05) is 5.32 Å². The van der Waals surface area contributed by atoms with E-state index < -0.39 is 35.2 Å². The Kier molecular flexibility index (Phi) is 5.22. The van der Waals surface area contributed by atoms with E-state index in [0.29, 0.717) is 0 Å². The van der Waals surface area contributed by atoms with E-state index in [2.05, 4.69) is 21.2 Å². The largest absolute Gasteiger partial charge is 0.481 e. The van der Waals surface area contributed by atoms with E-state index in [4.69, 9.17) is 5.11 Å². The lowest BCUT2D eigenvalue weighted by Crippen LogP contribution is -2.35. The Morgan fingerprint density at radius 2 is 1.89 bits per heavy atom. The van der Waals surface area contributed by atoms with Crippen LogP contribution < -0.4 is 10.6 Å². The third-order valence-electron chi connectivity index (χ3n) is 2.24. The predicted molar refractivity (Wildman–Crippen MR) is 67.9 cm³/mol. The molecule has 0 aliphatic carbocycles. The SMILES string of the molecule is CC(CNC(=O)Nc1c(F)cc(Br)cc1F)C(=O)O. The average molecular weight is 337 g/mol. The minimum Gasteiger partial charge on any atom is -0.481 e. The Hall–Kier alpha value is -1.70. The summed E-state index contributed by atoms with van der Waals surface area (Å²) in [6.07, 6.45) is 0. The van der Waals surface area contributed by atoms with Crippen molar-refractivity contribution in [1.82, 2.24) is 5.32 Å². The van der Waals surface area contributed by atoms with Crippen LogP contribution in [0.5, 0.6) is 0 Å². The molecule has 8 heteroatoms. The van der Waals surface area contributed by atoms with Crippen molar-refractivity contribution >= 4 is 33.6 Å². The molecule has 0 saturated heterocycles. The number of hydrogen-bond donors (Lipinski definition) is 3. The lowest BCUT2D eigenvalue weighted by atomic mass is 10.2. The molecule has 0 aromatic heterocycles. The van der Waals surface area contributed by atoms with Gasteiger partial charge in [-0.2, -0.15) is 0 Å². The monoisotopic (exact) mass is 336 g/mol. The normalized spacial score (nSPS) is 11.8. The lowest BCUT2D eigenvalue weighted by molar-refractivity contribution is -0.140. The smallest absolute Gasteiger partial charge is 0.319 e. The highest BCUT2D eigenvalue weighted by atomic mass is 79.9. The quantitative estimate of drug-likeness (QED) is 0.790. The summed E-state index contributed by atoms with van der Waals surface area (Å²) in [6.45, 7) is 1.24. The van der Waals surface area contributed by atoms with Gasteiger partial charge in [-0.15, -0.1) is 0 Å². The molecular weight excluding hydrogens is 326 g/mol. The Labute approximate surface area is 116 Å². The maximum Gasteiger partial charge on any atom is 0.319 e. The first kappa shape index (κ1) is 15.4. The molecule has 0 heterocycles. The van der Waals surface area contributed by atoms with Gasteiger partial charge in [-0.25, -0.2) is 13.6 Å². The van der Waals surface area contributed by atoms with Gasteiger partial charge in [0.1, 0.15) is 5.69 Å². The first-order chi connectivity index (χ1) is 8.81. The van der Waals surface area contributed by atoms with Crippen LogP contribution in [0.25, 0.3) is 0 Å². The number of benzene rings is 1. The number of carboxylic acids is 1. The number of aliphatic carboxylic acids is 1. The summed E-state index contributed by atoms with van der Waals surface area (Å²) >= 11 is 2.91. The molecule has 1 aromatic carbocycles. The van der Waals surface area contributed by atoms with Gasteiger partial charge in [-0.1, -0.05) is 22.9 Å². The number of amides is 2. The molecule has 1 rings (SSSR count). The van der Waals surface area contributed by atoms with Crippen molar-refractivity contribution in [2.24, 2.45) is 5.92 Å². The van der Waals surface area contributed by atoms with Crippen molar-refractivity contribution in [3.8, 4) is 0 Å². The molecule has 19 heavy (non-hydrogen) atoms. The van der Waals surface area contributed by atoms with Crippen LogP contribution in [-0.2, 0) is 4.79 Å². The van der Waals surface area contributed by atoms with E-state index in [0.717, 1.165) is 12.1 Å². The summed E-state index contributed by atoms with van der Waals surface area (Å²) in [5, 5.41) is 12.8. The second-order valence-corrected chi connectivity index (χ2v) is 4.73. The molecule has 1 aromatic rings. The third-order valence-corrected chi connectivity index (χ3v) is 2.69. The minimum atomic E-state index is -1.08. The number of rotatable bonds is 4. The van der Waals surface area contributed by atoms with Crippen LogP contribution in [0.1, 0.15) is 6.92 Å². The van der Waals surface area contributed by atoms with E-state index in [1.165, 1.54) is 6.92 Å². The highest BCUT2D eigenvalue weighted by Crippen LogP contribution is 2.23. The molecule has 1 atom stereocenters. The number of nitrogens with one attached hydrogen (secondary N) is 2. The zero-order valence-electron chi connectivity index (χ0n) is 9.84. The summed E-state index contributed by atoms with van der Waals surface area (Å²) < 4.78 is 27.0. The predicted octanol–water partition coefficient (Wildman–Crippen LogP) is 2.57. The van der Waals surface area contributed by atoms with Crippen LogP contribution in [-0.4, -0.2) is 23.7 Å². The number of carboxylic acid groups (broad SMARTS) is 1. The number of hydrogen-bond acceptors (Lipinski definition) is 2. The second-order valence-electron chi connectivity index (χ2n) is 3.82. The van der Waals surface area contributed by atoms with Gasteiger partial charge in [-0.3, -0.25) is 4.79 Å². The van der Waals surface area contributed by atoms with E-state index >= 15 is 0 Å². The Balaban J connectivity index is 2.65. The van der Waals surface area contributed by atoms with Gasteiger partial charge in [-0.05, 0) is 12.1 Å². The lowest BCUT2D eigenvalue weighted by Gasteiger charge is -2.11. The van der Waals surface area contributed by atoms with Crippen LogP contribution in [0, 0.1) is 17.6 Å². The van der Waals surface area contributed by atoms with Crippen molar-refractivity contribution in [2.45, 2.75) is 6.92 Å². The molecule has 104 valence electrons. The fourth-order valence-electron chi connectivity index (χ4n) is 1.15. The van der Waals surface area contributed by atoms with Gasteiger partial charge < -0.3 is 15.7 Å². The van der Waals surface area contributed by atoms with E-state index in [-0.39, 0.29) is 11.0 Å². The molecule has 3 N–H and O–H groups in total. The summed E-state index contributed by atoms with van der Waals surface area (Å²) in [4.78, 5) is 21.9. The summed E-state index contributed by atoms with van der Waals surface area (Å²) in [5.41, 5.74) is -0.594. The standard InChI is InChI=1S/C11H11BrF2N2O3/c1-5(10(17)18)4-15-11(19)16-9-7(13)2-6(12)3-8(9)14/h2-3,5H,4H2,1H3,(H,17,18)(H2,15,16,19). The second kappa shape index (κ2) is 6.46.